The van der Waals surface area contributed by atoms with Crippen molar-refractivity contribution in [3.8, 4) is 0 Å². The van der Waals surface area contributed by atoms with Crippen LogP contribution in [0.3, 0.4) is 0 Å². The molecular formula is C19H17NS. The highest BCUT2D eigenvalue weighted by molar-refractivity contribution is 7.98. The van der Waals surface area contributed by atoms with Crippen LogP contribution >= 0.6 is 11.8 Å². The van der Waals surface area contributed by atoms with Crippen molar-refractivity contribution in [2.75, 3.05) is 0 Å². The van der Waals surface area contributed by atoms with Gasteiger partial charge in [0.2, 0.25) is 0 Å². The molecule has 1 nitrogen and oxygen atoms in total. The molecule has 0 amide bonds. The van der Waals surface area contributed by atoms with Crippen LogP contribution in [0.1, 0.15) is 22.1 Å². The van der Waals surface area contributed by atoms with Gasteiger partial charge in [-0.15, -0.1) is 11.8 Å². The fourth-order valence-corrected chi connectivity index (χ4v) is 3.48. The number of pyridine rings is 1. The minimum Gasteiger partial charge on any atom is -0.260 e. The first kappa shape index (κ1) is 13.9. The van der Waals surface area contributed by atoms with Gasteiger partial charge < -0.3 is 0 Å². The molecule has 0 aliphatic rings. The van der Waals surface area contributed by atoms with Crippen molar-refractivity contribution in [1.29, 1.82) is 0 Å². The third-order valence-corrected chi connectivity index (χ3v) is 4.67. The lowest BCUT2D eigenvalue weighted by atomic mass is 10.1. The first-order chi connectivity index (χ1) is 10.4. The van der Waals surface area contributed by atoms with Crippen LogP contribution in [0.2, 0.25) is 0 Å². The molecule has 3 aromatic rings. The van der Waals surface area contributed by atoms with Gasteiger partial charge in [0.1, 0.15) is 0 Å². The van der Waals surface area contributed by atoms with Crippen molar-refractivity contribution in [3.63, 3.8) is 0 Å². The maximum atomic E-state index is 4.55. The van der Waals surface area contributed by atoms with E-state index in [1.807, 2.05) is 24.0 Å². The van der Waals surface area contributed by atoms with E-state index in [2.05, 4.69) is 77.8 Å². The van der Waals surface area contributed by atoms with E-state index in [1.165, 1.54) is 11.1 Å². The molecule has 1 unspecified atom stereocenters. The third-order valence-electron chi connectivity index (χ3n) is 3.32. The second-order valence-electron chi connectivity index (χ2n) is 4.84. The van der Waals surface area contributed by atoms with Crippen LogP contribution in [0.4, 0.5) is 0 Å². The number of nitrogens with zero attached hydrogens (tertiary/aromatic N) is 1. The van der Waals surface area contributed by atoms with Gasteiger partial charge in [-0.2, -0.15) is 0 Å². The smallest absolute Gasteiger partial charge is 0.0722 e. The van der Waals surface area contributed by atoms with E-state index in [4.69, 9.17) is 0 Å². The Balaban J connectivity index is 1.83. The maximum Gasteiger partial charge on any atom is 0.0722 e. The van der Waals surface area contributed by atoms with Crippen LogP contribution in [-0.2, 0) is 5.75 Å². The summed E-state index contributed by atoms with van der Waals surface area (Å²) in [7, 11) is 0. The van der Waals surface area contributed by atoms with E-state index >= 15 is 0 Å². The van der Waals surface area contributed by atoms with Gasteiger partial charge in [0.25, 0.3) is 0 Å². The van der Waals surface area contributed by atoms with Crippen molar-refractivity contribution in [3.05, 3.63) is 102 Å². The summed E-state index contributed by atoms with van der Waals surface area (Å²) in [6.45, 7) is 0. The lowest BCUT2D eigenvalue weighted by Gasteiger charge is -2.16. The summed E-state index contributed by atoms with van der Waals surface area (Å²) in [6.07, 6.45) is 1.87. The number of hydrogen-bond acceptors (Lipinski definition) is 2. The van der Waals surface area contributed by atoms with Crippen molar-refractivity contribution in [2.45, 2.75) is 11.0 Å². The molecule has 0 saturated heterocycles. The second kappa shape index (κ2) is 7.09. The van der Waals surface area contributed by atoms with Crippen molar-refractivity contribution in [1.82, 2.24) is 4.98 Å². The molecule has 0 radical (unpaired) electrons. The highest BCUT2D eigenvalue weighted by Gasteiger charge is 2.15. The molecule has 1 aromatic heterocycles. The van der Waals surface area contributed by atoms with Crippen LogP contribution in [0.15, 0.2) is 85.1 Å². The molecule has 1 heterocycles. The lowest BCUT2D eigenvalue weighted by molar-refractivity contribution is 1.05. The monoisotopic (exact) mass is 291 g/mol. The Bertz CT molecular complexity index is 613. The van der Waals surface area contributed by atoms with Crippen molar-refractivity contribution >= 4 is 11.8 Å². The largest absolute Gasteiger partial charge is 0.260 e. The number of rotatable bonds is 5. The minimum absolute atomic E-state index is 0.271. The summed E-state index contributed by atoms with van der Waals surface area (Å²) >= 11 is 1.92. The number of benzene rings is 2. The summed E-state index contributed by atoms with van der Waals surface area (Å²) in [5.41, 5.74) is 3.76. The Hall–Kier alpha value is -2.06. The fourth-order valence-electron chi connectivity index (χ4n) is 2.27. The molecule has 21 heavy (non-hydrogen) atoms. The van der Waals surface area contributed by atoms with E-state index in [1.54, 1.807) is 0 Å². The van der Waals surface area contributed by atoms with E-state index in [0.29, 0.717) is 0 Å². The van der Waals surface area contributed by atoms with Crippen molar-refractivity contribution < 1.29 is 0 Å². The summed E-state index contributed by atoms with van der Waals surface area (Å²) < 4.78 is 0. The summed E-state index contributed by atoms with van der Waals surface area (Å²) in [4.78, 5) is 4.55. The van der Waals surface area contributed by atoms with E-state index in [0.717, 1.165) is 11.4 Å². The maximum absolute atomic E-state index is 4.55. The number of aromatic nitrogens is 1. The van der Waals surface area contributed by atoms with Crippen LogP contribution < -0.4 is 0 Å². The zero-order valence-corrected chi connectivity index (χ0v) is 12.5. The molecule has 0 bridgehead atoms. The zero-order valence-electron chi connectivity index (χ0n) is 11.7. The van der Waals surface area contributed by atoms with Crippen LogP contribution in [0, 0.1) is 0 Å². The molecule has 0 fully saturated rings. The van der Waals surface area contributed by atoms with Gasteiger partial charge in [0.05, 0.1) is 10.9 Å². The van der Waals surface area contributed by atoms with Gasteiger partial charge >= 0.3 is 0 Å². The molecule has 0 aliphatic heterocycles. The van der Waals surface area contributed by atoms with Crippen molar-refractivity contribution in [2.24, 2.45) is 0 Å². The predicted molar refractivity (Wildman–Crippen MR) is 90.3 cm³/mol. The van der Waals surface area contributed by atoms with Crippen LogP contribution in [0.5, 0.6) is 0 Å². The average molecular weight is 291 g/mol. The van der Waals surface area contributed by atoms with Gasteiger partial charge in [-0.25, -0.2) is 0 Å². The Labute approximate surface area is 130 Å². The number of thioether (sulfide) groups is 1. The quantitative estimate of drug-likeness (QED) is 0.648. The van der Waals surface area contributed by atoms with Gasteiger partial charge in [-0.05, 0) is 23.3 Å². The van der Waals surface area contributed by atoms with Gasteiger partial charge in [0.15, 0.2) is 0 Å². The lowest BCUT2D eigenvalue weighted by Crippen LogP contribution is -1.99. The number of hydrogen-bond donors (Lipinski definition) is 0. The Kier molecular flexibility index (Phi) is 4.70. The standard InChI is InChI=1S/C19H17NS/c1-3-9-16(10-4-1)15-21-19(17-11-5-2-6-12-17)18-13-7-8-14-20-18/h1-14,19H,15H2. The molecule has 0 N–H and O–H groups in total. The third kappa shape index (κ3) is 3.73. The molecule has 104 valence electrons. The molecule has 2 aromatic carbocycles. The fraction of sp³-hybridized carbons (Fsp3) is 0.105. The molecule has 0 saturated carbocycles. The topological polar surface area (TPSA) is 12.9 Å². The van der Waals surface area contributed by atoms with E-state index in [9.17, 15) is 0 Å². The zero-order chi connectivity index (χ0) is 14.3. The first-order valence-electron chi connectivity index (χ1n) is 7.05. The van der Waals surface area contributed by atoms with Gasteiger partial charge in [-0.3, -0.25) is 4.98 Å². The summed E-state index contributed by atoms with van der Waals surface area (Å²) in [6, 6.07) is 27.3. The highest BCUT2D eigenvalue weighted by atomic mass is 32.2. The van der Waals surface area contributed by atoms with Crippen LogP contribution in [0.25, 0.3) is 0 Å². The molecule has 2 heteroatoms. The molecule has 1 atom stereocenters. The molecular weight excluding hydrogens is 274 g/mol. The molecule has 0 aliphatic carbocycles. The highest BCUT2D eigenvalue weighted by Crippen LogP contribution is 2.36. The van der Waals surface area contributed by atoms with Gasteiger partial charge in [0, 0.05) is 11.9 Å². The Morgan fingerprint density at radius 1 is 0.762 bits per heavy atom. The average Bonchev–Trinajstić information content (AvgIpc) is 2.58. The second-order valence-corrected chi connectivity index (χ2v) is 5.94. The Morgan fingerprint density at radius 3 is 2.10 bits per heavy atom. The molecule has 3 rings (SSSR count). The Morgan fingerprint density at radius 2 is 1.43 bits per heavy atom. The predicted octanol–water partition coefficient (Wildman–Crippen LogP) is 5.10. The first-order valence-corrected chi connectivity index (χ1v) is 8.10. The SMILES string of the molecule is c1ccc(CSC(c2ccccc2)c2ccccn2)cc1. The summed E-state index contributed by atoms with van der Waals surface area (Å²) in [5.74, 6) is 0.983. The van der Waals surface area contributed by atoms with Gasteiger partial charge in [-0.1, -0.05) is 66.7 Å². The normalized spacial score (nSPS) is 12.0. The molecule has 0 spiro atoms. The van der Waals surface area contributed by atoms with E-state index in [-0.39, 0.29) is 5.25 Å². The van der Waals surface area contributed by atoms with E-state index < -0.39 is 0 Å². The van der Waals surface area contributed by atoms with Crippen LogP contribution in [-0.4, -0.2) is 4.98 Å². The minimum atomic E-state index is 0.271. The summed E-state index contributed by atoms with van der Waals surface area (Å²) in [5, 5.41) is 0.271.